The lowest BCUT2D eigenvalue weighted by atomic mass is 10.1. The SMILES string of the molecule is Cc1ccc(CNC(=O)c2cccc(CNc3nc4c(cnn4C(C)(C)C)c(=O)[nH]3)c2)cc1. The molecule has 0 aliphatic heterocycles. The molecular formula is C25H28N6O2. The number of nitrogens with one attached hydrogen (secondary N) is 3. The number of carbonyl (C=O) groups is 1. The molecule has 8 nitrogen and oxygen atoms in total. The van der Waals surface area contributed by atoms with Crippen LogP contribution < -0.4 is 16.2 Å². The molecule has 0 radical (unpaired) electrons. The fourth-order valence-corrected chi connectivity index (χ4v) is 3.49. The molecule has 8 heteroatoms. The lowest BCUT2D eigenvalue weighted by molar-refractivity contribution is 0.0951. The van der Waals surface area contributed by atoms with Gasteiger partial charge in [-0.3, -0.25) is 14.6 Å². The number of rotatable bonds is 6. The Labute approximate surface area is 192 Å². The minimum Gasteiger partial charge on any atom is -0.352 e. The summed E-state index contributed by atoms with van der Waals surface area (Å²) in [4.78, 5) is 32.4. The molecule has 2 aromatic carbocycles. The van der Waals surface area contributed by atoms with Crippen LogP contribution in [0.5, 0.6) is 0 Å². The van der Waals surface area contributed by atoms with Crippen LogP contribution in [0, 0.1) is 6.92 Å². The van der Waals surface area contributed by atoms with Crippen molar-refractivity contribution in [3.8, 4) is 0 Å². The summed E-state index contributed by atoms with van der Waals surface area (Å²) in [6.07, 6.45) is 1.54. The zero-order valence-corrected chi connectivity index (χ0v) is 19.3. The van der Waals surface area contributed by atoms with Crippen molar-refractivity contribution in [2.75, 3.05) is 5.32 Å². The third-order valence-corrected chi connectivity index (χ3v) is 5.30. The summed E-state index contributed by atoms with van der Waals surface area (Å²) in [5.74, 6) is 0.215. The molecule has 0 saturated carbocycles. The van der Waals surface area contributed by atoms with E-state index in [1.165, 1.54) is 11.8 Å². The molecule has 1 amide bonds. The molecule has 33 heavy (non-hydrogen) atoms. The van der Waals surface area contributed by atoms with Gasteiger partial charge in [-0.05, 0) is 51.0 Å². The molecule has 0 unspecified atom stereocenters. The Morgan fingerprint density at radius 3 is 2.55 bits per heavy atom. The van der Waals surface area contributed by atoms with Crippen molar-refractivity contribution in [2.45, 2.75) is 46.3 Å². The number of aryl methyl sites for hydroxylation is 1. The topological polar surface area (TPSA) is 105 Å². The molecule has 0 atom stereocenters. The number of carbonyl (C=O) groups excluding carboxylic acids is 1. The number of H-pyrrole nitrogens is 1. The van der Waals surface area contributed by atoms with Gasteiger partial charge in [-0.25, -0.2) is 4.68 Å². The highest BCUT2D eigenvalue weighted by atomic mass is 16.1. The van der Waals surface area contributed by atoms with Gasteiger partial charge in [0.25, 0.3) is 11.5 Å². The summed E-state index contributed by atoms with van der Waals surface area (Å²) in [6, 6.07) is 15.4. The maximum absolute atomic E-state index is 12.6. The summed E-state index contributed by atoms with van der Waals surface area (Å²) in [5.41, 5.74) is 3.67. The van der Waals surface area contributed by atoms with E-state index in [2.05, 4.69) is 25.7 Å². The Kier molecular flexibility index (Phi) is 6.00. The second-order valence-electron chi connectivity index (χ2n) is 9.10. The lowest BCUT2D eigenvalue weighted by Crippen LogP contribution is -2.24. The second kappa shape index (κ2) is 8.90. The zero-order chi connectivity index (χ0) is 23.6. The maximum Gasteiger partial charge on any atom is 0.263 e. The Hall–Kier alpha value is -3.94. The first-order chi connectivity index (χ1) is 15.7. The van der Waals surface area contributed by atoms with E-state index in [0.29, 0.717) is 35.6 Å². The van der Waals surface area contributed by atoms with Crippen molar-refractivity contribution in [2.24, 2.45) is 0 Å². The van der Waals surface area contributed by atoms with Crippen molar-refractivity contribution in [1.29, 1.82) is 0 Å². The number of nitrogens with zero attached hydrogens (tertiary/aromatic N) is 3. The van der Waals surface area contributed by atoms with E-state index >= 15 is 0 Å². The molecule has 3 N–H and O–H groups in total. The molecule has 0 spiro atoms. The largest absolute Gasteiger partial charge is 0.352 e. The molecule has 2 heterocycles. The second-order valence-corrected chi connectivity index (χ2v) is 9.10. The van der Waals surface area contributed by atoms with E-state index < -0.39 is 0 Å². The van der Waals surface area contributed by atoms with E-state index in [9.17, 15) is 9.59 Å². The number of benzene rings is 2. The number of anilines is 1. The van der Waals surface area contributed by atoms with Crippen LogP contribution in [-0.4, -0.2) is 25.7 Å². The van der Waals surface area contributed by atoms with Crippen molar-refractivity contribution < 1.29 is 4.79 Å². The number of aromatic amines is 1. The molecule has 4 rings (SSSR count). The van der Waals surface area contributed by atoms with Gasteiger partial charge >= 0.3 is 0 Å². The smallest absolute Gasteiger partial charge is 0.263 e. The van der Waals surface area contributed by atoms with Gasteiger partial charge in [-0.2, -0.15) is 10.1 Å². The fraction of sp³-hybridized carbons (Fsp3) is 0.280. The summed E-state index contributed by atoms with van der Waals surface area (Å²) >= 11 is 0. The average molecular weight is 445 g/mol. The number of hydrogen-bond acceptors (Lipinski definition) is 5. The van der Waals surface area contributed by atoms with E-state index in [1.807, 2.05) is 70.2 Å². The van der Waals surface area contributed by atoms with Crippen molar-refractivity contribution in [3.05, 3.63) is 87.3 Å². The van der Waals surface area contributed by atoms with Crippen LogP contribution in [0.2, 0.25) is 0 Å². The summed E-state index contributed by atoms with van der Waals surface area (Å²) in [5, 5.41) is 10.9. The van der Waals surface area contributed by atoms with Gasteiger partial charge in [0, 0.05) is 18.7 Å². The van der Waals surface area contributed by atoms with Crippen molar-refractivity contribution in [1.82, 2.24) is 25.1 Å². The van der Waals surface area contributed by atoms with E-state index in [1.54, 1.807) is 10.7 Å². The normalized spacial score (nSPS) is 11.5. The first-order valence-electron chi connectivity index (χ1n) is 10.9. The third-order valence-electron chi connectivity index (χ3n) is 5.30. The van der Waals surface area contributed by atoms with Gasteiger partial charge in [0.2, 0.25) is 5.95 Å². The Morgan fingerprint density at radius 2 is 1.82 bits per heavy atom. The van der Waals surface area contributed by atoms with Crippen LogP contribution in [0.15, 0.2) is 59.5 Å². The van der Waals surface area contributed by atoms with Gasteiger partial charge in [0.05, 0.1) is 11.7 Å². The minimum atomic E-state index is -0.305. The average Bonchev–Trinajstić information content (AvgIpc) is 3.22. The zero-order valence-electron chi connectivity index (χ0n) is 19.3. The van der Waals surface area contributed by atoms with Gasteiger partial charge in [-0.15, -0.1) is 0 Å². The van der Waals surface area contributed by atoms with Gasteiger partial charge < -0.3 is 10.6 Å². The molecular weight excluding hydrogens is 416 g/mol. The van der Waals surface area contributed by atoms with E-state index in [4.69, 9.17) is 0 Å². The van der Waals surface area contributed by atoms with Crippen molar-refractivity contribution in [3.63, 3.8) is 0 Å². The van der Waals surface area contributed by atoms with Crippen LogP contribution in [0.4, 0.5) is 5.95 Å². The third kappa shape index (κ3) is 5.11. The van der Waals surface area contributed by atoms with Gasteiger partial charge in [0.1, 0.15) is 5.39 Å². The summed E-state index contributed by atoms with van der Waals surface area (Å²) in [7, 11) is 0. The first-order valence-corrected chi connectivity index (χ1v) is 10.9. The Morgan fingerprint density at radius 1 is 1.06 bits per heavy atom. The van der Waals surface area contributed by atoms with Crippen LogP contribution in [0.25, 0.3) is 11.0 Å². The number of fused-ring (bicyclic) bond motifs is 1. The Bertz CT molecular complexity index is 1350. The molecule has 0 bridgehead atoms. The monoisotopic (exact) mass is 444 g/mol. The van der Waals surface area contributed by atoms with Crippen LogP contribution in [0.1, 0.15) is 47.8 Å². The minimum absolute atomic E-state index is 0.139. The number of aromatic nitrogens is 4. The number of hydrogen-bond donors (Lipinski definition) is 3. The molecule has 170 valence electrons. The highest BCUT2D eigenvalue weighted by Crippen LogP contribution is 2.19. The Balaban J connectivity index is 1.45. The van der Waals surface area contributed by atoms with Crippen molar-refractivity contribution >= 4 is 22.9 Å². The number of amides is 1. The van der Waals surface area contributed by atoms with Crippen LogP contribution >= 0.6 is 0 Å². The van der Waals surface area contributed by atoms with Crippen LogP contribution in [-0.2, 0) is 18.6 Å². The molecule has 0 fully saturated rings. The molecule has 0 aliphatic carbocycles. The van der Waals surface area contributed by atoms with Gasteiger partial charge in [-0.1, -0.05) is 42.0 Å². The quantitative estimate of drug-likeness (QED) is 0.420. The molecule has 0 aliphatic rings. The molecule has 2 aromatic heterocycles. The highest BCUT2D eigenvalue weighted by Gasteiger charge is 2.19. The van der Waals surface area contributed by atoms with Crippen LogP contribution in [0.3, 0.4) is 0 Å². The highest BCUT2D eigenvalue weighted by molar-refractivity contribution is 5.94. The maximum atomic E-state index is 12.6. The first kappa shape index (κ1) is 22.3. The summed E-state index contributed by atoms with van der Waals surface area (Å²) < 4.78 is 1.74. The molecule has 0 saturated heterocycles. The fourth-order valence-electron chi connectivity index (χ4n) is 3.49. The lowest BCUT2D eigenvalue weighted by Gasteiger charge is -2.19. The summed E-state index contributed by atoms with van der Waals surface area (Å²) in [6.45, 7) is 8.91. The molecule has 4 aromatic rings. The predicted molar refractivity (Wildman–Crippen MR) is 129 cm³/mol. The van der Waals surface area contributed by atoms with E-state index in [0.717, 1.165) is 11.1 Å². The van der Waals surface area contributed by atoms with E-state index in [-0.39, 0.29) is 17.0 Å². The standard InChI is InChI=1S/C25H28N6O2/c1-16-8-10-17(11-9-16)13-26-22(32)19-7-5-6-18(12-19)14-27-24-29-21-20(23(33)30-24)15-28-31(21)25(2,3)4/h5-12,15H,13-14H2,1-4H3,(H,26,32)(H2,27,29,30,33). The predicted octanol–water partition coefficient (Wildman–Crippen LogP) is 3.73. The van der Waals surface area contributed by atoms with Gasteiger partial charge in [0.15, 0.2) is 5.65 Å².